The second-order valence-corrected chi connectivity index (χ2v) is 6.88. The monoisotopic (exact) mass is 297 g/mol. The van der Waals surface area contributed by atoms with Crippen LogP contribution in [0.2, 0.25) is 5.02 Å². The summed E-state index contributed by atoms with van der Waals surface area (Å²) in [5.74, 6) is 1.13. The standard InChI is InChI=1S/C17H25ClFN/c1-4-8-20-11-17(9-13(10-17)12(2)3)14-6-5-7-15(18)16(14)19/h5-7,12-13,20H,4,8-11H2,1-3H3. The largest absolute Gasteiger partial charge is 0.316 e. The van der Waals surface area contributed by atoms with Crippen molar-refractivity contribution < 1.29 is 4.39 Å². The molecule has 1 saturated carbocycles. The third-order valence-electron chi connectivity index (χ3n) is 4.66. The van der Waals surface area contributed by atoms with Crippen LogP contribution < -0.4 is 5.32 Å². The van der Waals surface area contributed by atoms with Crippen LogP contribution in [0.15, 0.2) is 18.2 Å². The minimum Gasteiger partial charge on any atom is -0.316 e. The fourth-order valence-corrected chi connectivity index (χ4v) is 3.47. The maximum atomic E-state index is 14.4. The zero-order valence-corrected chi connectivity index (χ0v) is 13.4. The van der Waals surface area contributed by atoms with Gasteiger partial charge in [0, 0.05) is 12.0 Å². The molecule has 112 valence electrons. The molecular weight excluding hydrogens is 273 g/mol. The number of benzene rings is 1. The van der Waals surface area contributed by atoms with Crippen LogP contribution in [0.1, 0.15) is 45.6 Å². The smallest absolute Gasteiger partial charge is 0.145 e. The van der Waals surface area contributed by atoms with E-state index in [9.17, 15) is 4.39 Å². The predicted molar refractivity (Wildman–Crippen MR) is 83.8 cm³/mol. The molecular formula is C17H25ClFN. The van der Waals surface area contributed by atoms with Crippen molar-refractivity contribution in [2.45, 2.75) is 45.4 Å². The van der Waals surface area contributed by atoms with Crippen molar-refractivity contribution in [1.29, 1.82) is 0 Å². The van der Waals surface area contributed by atoms with Crippen molar-refractivity contribution in [3.05, 3.63) is 34.6 Å². The topological polar surface area (TPSA) is 12.0 Å². The first-order chi connectivity index (χ1) is 9.50. The fourth-order valence-electron chi connectivity index (χ4n) is 3.29. The zero-order valence-electron chi connectivity index (χ0n) is 12.7. The van der Waals surface area contributed by atoms with Gasteiger partial charge in [0.2, 0.25) is 0 Å². The van der Waals surface area contributed by atoms with Gasteiger partial charge >= 0.3 is 0 Å². The van der Waals surface area contributed by atoms with Crippen molar-refractivity contribution in [2.75, 3.05) is 13.1 Å². The van der Waals surface area contributed by atoms with Crippen molar-refractivity contribution in [3.8, 4) is 0 Å². The Morgan fingerprint density at radius 2 is 2.10 bits per heavy atom. The molecule has 0 aromatic heterocycles. The molecule has 0 bridgehead atoms. The van der Waals surface area contributed by atoms with E-state index in [1.807, 2.05) is 12.1 Å². The maximum absolute atomic E-state index is 14.4. The maximum Gasteiger partial charge on any atom is 0.145 e. The van der Waals surface area contributed by atoms with Gasteiger partial charge in [0.1, 0.15) is 5.82 Å². The molecule has 1 aromatic rings. The van der Waals surface area contributed by atoms with Gasteiger partial charge in [-0.3, -0.25) is 0 Å². The van der Waals surface area contributed by atoms with Gasteiger partial charge in [0.25, 0.3) is 0 Å². The normalized spacial score (nSPS) is 25.8. The second kappa shape index (κ2) is 6.44. The average molecular weight is 298 g/mol. The van der Waals surface area contributed by atoms with E-state index in [1.165, 1.54) is 0 Å². The molecule has 1 aliphatic carbocycles. The van der Waals surface area contributed by atoms with Gasteiger partial charge in [-0.25, -0.2) is 4.39 Å². The fraction of sp³-hybridized carbons (Fsp3) is 0.647. The van der Waals surface area contributed by atoms with Crippen LogP contribution >= 0.6 is 11.6 Å². The van der Waals surface area contributed by atoms with Crippen LogP contribution in [0, 0.1) is 17.7 Å². The summed E-state index contributed by atoms with van der Waals surface area (Å²) >= 11 is 5.97. The summed E-state index contributed by atoms with van der Waals surface area (Å²) < 4.78 is 14.4. The van der Waals surface area contributed by atoms with Crippen LogP contribution in [-0.4, -0.2) is 13.1 Å². The van der Waals surface area contributed by atoms with Crippen LogP contribution in [-0.2, 0) is 5.41 Å². The molecule has 0 radical (unpaired) electrons. The van der Waals surface area contributed by atoms with E-state index in [4.69, 9.17) is 11.6 Å². The van der Waals surface area contributed by atoms with Crippen molar-refractivity contribution in [1.82, 2.24) is 5.32 Å². The molecule has 0 amide bonds. The first-order valence-electron chi connectivity index (χ1n) is 7.65. The summed E-state index contributed by atoms with van der Waals surface area (Å²) in [6.45, 7) is 8.49. The van der Waals surface area contributed by atoms with Gasteiger partial charge in [-0.1, -0.05) is 44.5 Å². The number of rotatable bonds is 6. The van der Waals surface area contributed by atoms with Crippen molar-refractivity contribution in [3.63, 3.8) is 0 Å². The molecule has 0 aliphatic heterocycles. The number of hydrogen-bond donors (Lipinski definition) is 1. The Kier molecular flexibility index (Phi) is 5.09. The minimum absolute atomic E-state index is 0.0703. The number of halogens is 2. The zero-order chi connectivity index (χ0) is 14.8. The summed E-state index contributed by atoms with van der Waals surface area (Å²) in [6, 6.07) is 5.41. The van der Waals surface area contributed by atoms with Gasteiger partial charge in [0.05, 0.1) is 5.02 Å². The molecule has 1 N–H and O–H groups in total. The summed E-state index contributed by atoms with van der Waals surface area (Å²) in [5.41, 5.74) is 0.726. The molecule has 1 aromatic carbocycles. The van der Waals surface area contributed by atoms with Gasteiger partial charge in [-0.05, 0) is 49.3 Å². The van der Waals surface area contributed by atoms with Gasteiger partial charge in [-0.15, -0.1) is 0 Å². The van der Waals surface area contributed by atoms with Crippen LogP contribution in [0.3, 0.4) is 0 Å². The minimum atomic E-state index is -0.227. The number of hydrogen-bond acceptors (Lipinski definition) is 1. The Labute approximate surface area is 126 Å². The Hall–Kier alpha value is -0.600. The molecule has 0 spiro atoms. The van der Waals surface area contributed by atoms with Crippen LogP contribution in [0.4, 0.5) is 4.39 Å². The first kappa shape index (κ1) is 15.8. The van der Waals surface area contributed by atoms with E-state index in [1.54, 1.807) is 6.07 Å². The SMILES string of the molecule is CCCNCC1(c2cccc(Cl)c2F)CC(C(C)C)C1. The Morgan fingerprint density at radius 1 is 1.40 bits per heavy atom. The van der Waals surface area contributed by atoms with E-state index in [0.717, 1.165) is 37.9 Å². The highest BCUT2D eigenvalue weighted by atomic mass is 35.5. The molecule has 1 fully saturated rings. The summed E-state index contributed by atoms with van der Waals surface area (Å²) in [7, 11) is 0. The summed E-state index contributed by atoms with van der Waals surface area (Å²) in [5, 5.41) is 3.71. The summed E-state index contributed by atoms with van der Waals surface area (Å²) in [6.07, 6.45) is 3.21. The highest BCUT2D eigenvalue weighted by Gasteiger charge is 2.47. The molecule has 0 unspecified atom stereocenters. The van der Waals surface area contributed by atoms with Crippen molar-refractivity contribution >= 4 is 11.6 Å². The lowest BCUT2D eigenvalue weighted by molar-refractivity contribution is 0.0946. The lowest BCUT2D eigenvalue weighted by Gasteiger charge is -2.50. The quantitative estimate of drug-likeness (QED) is 0.745. The first-order valence-corrected chi connectivity index (χ1v) is 8.03. The van der Waals surface area contributed by atoms with Gasteiger partial charge in [-0.2, -0.15) is 0 Å². The molecule has 20 heavy (non-hydrogen) atoms. The second-order valence-electron chi connectivity index (χ2n) is 6.47. The Bertz CT molecular complexity index is 452. The van der Waals surface area contributed by atoms with E-state index >= 15 is 0 Å². The van der Waals surface area contributed by atoms with Gasteiger partial charge < -0.3 is 5.32 Å². The highest BCUT2D eigenvalue weighted by molar-refractivity contribution is 6.30. The molecule has 2 rings (SSSR count). The lowest BCUT2D eigenvalue weighted by Crippen LogP contribution is -2.50. The van der Waals surface area contributed by atoms with Gasteiger partial charge in [0.15, 0.2) is 0 Å². The van der Waals surface area contributed by atoms with E-state index in [2.05, 4.69) is 26.1 Å². The molecule has 1 nitrogen and oxygen atoms in total. The molecule has 0 atom stereocenters. The molecule has 0 heterocycles. The highest BCUT2D eigenvalue weighted by Crippen LogP contribution is 2.51. The molecule has 3 heteroatoms. The van der Waals surface area contributed by atoms with Crippen LogP contribution in [0.5, 0.6) is 0 Å². The van der Waals surface area contributed by atoms with E-state index in [0.29, 0.717) is 11.8 Å². The number of nitrogens with one attached hydrogen (secondary N) is 1. The van der Waals surface area contributed by atoms with Crippen LogP contribution in [0.25, 0.3) is 0 Å². The molecule has 1 aliphatic rings. The predicted octanol–water partition coefficient (Wildman–Crippen LogP) is 4.78. The Morgan fingerprint density at radius 3 is 2.70 bits per heavy atom. The average Bonchev–Trinajstić information content (AvgIpc) is 2.36. The lowest BCUT2D eigenvalue weighted by atomic mass is 9.55. The molecule has 0 saturated heterocycles. The summed E-state index contributed by atoms with van der Waals surface area (Å²) in [4.78, 5) is 0. The van der Waals surface area contributed by atoms with Crippen molar-refractivity contribution in [2.24, 2.45) is 11.8 Å². The van der Waals surface area contributed by atoms with E-state index in [-0.39, 0.29) is 16.3 Å². The van der Waals surface area contributed by atoms with E-state index < -0.39 is 0 Å². The third-order valence-corrected chi connectivity index (χ3v) is 4.95. The third kappa shape index (κ3) is 3.01. The Balaban J connectivity index is 2.21.